The summed E-state index contributed by atoms with van der Waals surface area (Å²) in [5, 5.41) is 0. The Labute approximate surface area is 90.5 Å². The number of hydrogen-bond acceptors (Lipinski definition) is 1. The molecule has 0 unspecified atom stereocenters. The summed E-state index contributed by atoms with van der Waals surface area (Å²) in [4.78, 5) is 0. The van der Waals surface area contributed by atoms with E-state index >= 15 is 0 Å². The maximum absolute atomic E-state index is 5.88. The third-order valence-electron chi connectivity index (χ3n) is 3.62. The van der Waals surface area contributed by atoms with Gasteiger partial charge in [-0.25, -0.2) is 0 Å². The molecule has 0 spiro atoms. The molecule has 1 nitrogen and oxygen atoms in total. The first kappa shape index (κ1) is 14.0. The van der Waals surface area contributed by atoms with Crippen LogP contribution in [0.5, 0.6) is 0 Å². The Bertz CT molecular complexity index is 122. The predicted molar refractivity (Wildman–Crippen MR) is 65.4 cm³/mol. The van der Waals surface area contributed by atoms with E-state index in [-0.39, 0.29) is 0 Å². The van der Waals surface area contributed by atoms with Crippen molar-refractivity contribution in [2.75, 3.05) is 0 Å². The van der Waals surface area contributed by atoms with Gasteiger partial charge in [-0.3, -0.25) is 0 Å². The molecule has 0 rings (SSSR count). The molecule has 0 aromatic heterocycles. The number of unbranched alkanes of at least 4 members (excludes halogenated alkanes) is 1. The first-order chi connectivity index (χ1) is 6.61. The Balaban J connectivity index is 3.35. The van der Waals surface area contributed by atoms with E-state index in [1.807, 2.05) is 0 Å². The van der Waals surface area contributed by atoms with E-state index in [1.165, 1.54) is 32.1 Å². The highest BCUT2D eigenvalue weighted by molar-refractivity contribution is 4.63. The van der Waals surface area contributed by atoms with Crippen molar-refractivity contribution in [1.82, 2.24) is 0 Å². The van der Waals surface area contributed by atoms with Gasteiger partial charge in [0.25, 0.3) is 0 Å². The molecular formula is C13H29N. The third-order valence-corrected chi connectivity index (χ3v) is 3.62. The minimum absolute atomic E-state index is 0.439. The van der Waals surface area contributed by atoms with Crippen LogP contribution in [-0.4, -0.2) is 6.04 Å². The summed E-state index contributed by atoms with van der Waals surface area (Å²) in [6.45, 7) is 9.21. The average Bonchev–Trinajstić information content (AvgIpc) is 2.22. The molecule has 0 aromatic rings. The van der Waals surface area contributed by atoms with E-state index in [2.05, 4.69) is 27.7 Å². The van der Waals surface area contributed by atoms with Gasteiger partial charge in [0.05, 0.1) is 0 Å². The molecule has 0 aliphatic rings. The Morgan fingerprint density at radius 1 is 0.857 bits per heavy atom. The molecule has 0 bridgehead atoms. The molecule has 0 aliphatic heterocycles. The van der Waals surface area contributed by atoms with Crippen LogP contribution in [0.1, 0.15) is 66.2 Å². The molecular weight excluding hydrogens is 170 g/mol. The molecule has 0 saturated carbocycles. The van der Waals surface area contributed by atoms with Crippen LogP contribution in [0, 0.1) is 11.8 Å². The highest BCUT2D eigenvalue weighted by Gasteiger charge is 2.09. The molecule has 2 N–H and O–H groups in total. The van der Waals surface area contributed by atoms with Crippen molar-refractivity contribution in [1.29, 1.82) is 0 Å². The van der Waals surface area contributed by atoms with Crippen molar-refractivity contribution < 1.29 is 0 Å². The Hall–Kier alpha value is -0.0400. The summed E-state index contributed by atoms with van der Waals surface area (Å²) in [7, 11) is 0. The van der Waals surface area contributed by atoms with Gasteiger partial charge in [-0.1, -0.05) is 53.4 Å². The quantitative estimate of drug-likeness (QED) is 0.588. The van der Waals surface area contributed by atoms with E-state index in [0.29, 0.717) is 6.04 Å². The molecule has 0 heterocycles. The Kier molecular flexibility index (Phi) is 8.26. The van der Waals surface area contributed by atoms with Gasteiger partial charge < -0.3 is 5.73 Å². The molecule has 1 heteroatoms. The lowest BCUT2D eigenvalue weighted by Crippen LogP contribution is -2.18. The average molecular weight is 199 g/mol. The fourth-order valence-electron chi connectivity index (χ4n) is 1.76. The molecule has 14 heavy (non-hydrogen) atoms. The van der Waals surface area contributed by atoms with Gasteiger partial charge in [-0.05, 0) is 24.7 Å². The Morgan fingerprint density at radius 2 is 1.43 bits per heavy atom. The fourth-order valence-corrected chi connectivity index (χ4v) is 1.76. The summed E-state index contributed by atoms with van der Waals surface area (Å²) >= 11 is 0. The lowest BCUT2D eigenvalue weighted by molar-refractivity contribution is 0.340. The van der Waals surface area contributed by atoms with Crippen molar-refractivity contribution in [3.8, 4) is 0 Å². The van der Waals surface area contributed by atoms with E-state index in [9.17, 15) is 0 Å². The third kappa shape index (κ3) is 6.42. The van der Waals surface area contributed by atoms with Crippen molar-refractivity contribution in [3.05, 3.63) is 0 Å². The van der Waals surface area contributed by atoms with Crippen molar-refractivity contribution >= 4 is 0 Å². The van der Waals surface area contributed by atoms with Crippen LogP contribution in [0.25, 0.3) is 0 Å². The standard InChI is InChI=1S/C13H29N/c1-5-11(3)12(4)9-7-8-10-13(14)6-2/h11-13H,5-10,14H2,1-4H3/t11-,12-,13+/m0/s1. The largest absolute Gasteiger partial charge is 0.328 e. The van der Waals surface area contributed by atoms with E-state index < -0.39 is 0 Å². The van der Waals surface area contributed by atoms with E-state index in [1.54, 1.807) is 0 Å². The summed E-state index contributed by atoms with van der Waals surface area (Å²) < 4.78 is 0. The highest BCUT2D eigenvalue weighted by Crippen LogP contribution is 2.21. The summed E-state index contributed by atoms with van der Waals surface area (Å²) in [6.07, 6.45) is 7.71. The summed E-state index contributed by atoms with van der Waals surface area (Å²) in [5.41, 5.74) is 5.88. The number of hydrogen-bond donors (Lipinski definition) is 1. The normalized spacial score (nSPS) is 17.8. The smallest absolute Gasteiger partial charge is 0.00362 e. The van der Waals surface area contributed by atoms with Crippen molar-refractivity contribution in [3.63, 3.8) is 0 Å². The van der Waals surface area contributed by atoms with Gasteiger partial charge in [-0.2, -0.15) is 0 Å². The second-order valence-corrected chi connectivity index (χ2v) is 4.82. The van der Waals surface area contributed by atoms with Gasteiger partial charge >= 0.3 is 0 Å². The molecule has 0 aromatic carbocycles. The molecule has 0 amide bonds. The van der Waals surface area contributed by atoms with Gasteiger partial charge in [-0.15, -0.1) is 0 Å². The monoisotopic (exact) mass is 199 g/mol. The van der Waals surface area contributed by atoms with Gasteiger partial charge in [0, 0.05) is 6.04 Å². The van der Waals surface area contributed by atoms with E-state index in [0.717, 1.165) is 18.3 Å². The summed E-state index contributed by atoms with van der Waals surface area (Å²) in [5.74, 6) is 1.77. The van der Waals surface area contributed by atoms with Gasteiger partial charge in [0.2, 0.25) is 0 Å². The van der Waals surface area contributed by atoms with Crippen LogP contribution in [0.15, 0.2) is 0 Å². The van der Waals surface area contributed by atoms with Gasteiger partial charge in [0.15, 0.2) is 0 Å². The van der Waals surface area contributed by atoms with Crippen LogP contribution < -0.4 is 5.73 Å². The zero-order valence-corrected chi connectivity index (χ0v) is 10.6. The molecule has 86 valence electrons. The van der Waals surface area contributed by atoms with Crippen LogP contribution in [0.3, 0.4) is 0 Å². The van der Waals surface area contributed by atoms with Crippen LogP contribution >= 0.6 is 0 Å². The van der Waals surface area contributed by atoms with Crippen LogP contribution in [0.2, 0.25) is 0 Å². The number of rotatable bonds is 8. The van der Waals surface area contributed by atoms with Crippen LogP contribution in [0.4, 0.5) is 0 Å². The lowest BCUT2D eigenvalue weighted by atomic mass is 9.89. The van der Waals surface area contributed by atoms with Crippen molar-refractivity contribution in [2.24, 2.45) is 17.6 Å². The van der Waals surface area contributed by atoms with Gasteiger partial charge in [0.1, 0.15) is 0 Å². The number of nitrogens with two attached hydrogens (primary N) is 1. The summed E-state index contributed by atoms with van der Waals surface area (Å²) in [6, 6.07) is 0.439. The molecule has 0 aliphatic carbocycles. The highest BCUT2D eigenvalue weighted by atomic mass is 14.6. The van der Waals surface area contributed by atoms with Crippen LogP contribution in [-0.2, 0) is 0 Å². The maximum atomic E-state index is 5.88. The van der Waals surface area contributed by atoms with E-state index in [4.69, 9.17) is 5.73 Å². The molecule has 0 saturated heterocycles. The zero-order chi connectivity index (χ0) is 11.0. The minimum atomic E-state index is 0.439. The molecule has 3 atom stereocenters. The fraction of sp³-hybridized carbons (Fsp3) is 1.00. The first-order valence-electron chi connectivity index (χ1n) is 6.37. The minimum Gasteiger partial charge on any atom is -0.328 e. The molecule has 0 fully saturated rings. The zero-order valence-electron chi connectivity index (χ0n) is 10.6. The molecule has 0 radical (unpaired) electrons. The lowest BCUT2D eigenvalue weighted by Gasteiger charge is -2.18. The van der Waals surface area contributed by atoms with Crippen molar-refractivity contribution in [2.45, 2.75) is 72.3 Å². The maximum Gasteiger partial charge on any atom is 0.00362 e. The topological polar surface area (TPSA) is 26.0 Å². The first-order valence-corrected chi connectivity index (χ1v) is 6.37. The second-order valence-electron chi connectivity index (χ2n) is 4.82. The predicted octanol–water partition coefficient (Wildman–Crippen LogP) is 3.97. The SMILES string of the molecule is CC[C@@H](N)CCCC[C@H](C)[C@@H](C)CC. The Morgan fingerprint density at radius 3 is 1.93 bits per heavy atom. The second kappa shape index (κ2) is 8.28.